The maximum atomic E-state index is 12.8. The van der Waals surface area contributed by atoms with E-state index in [9.17, 15) is 14.5 Å². The molecular weight excluding hydrogens is 383 g/mol. The first-order valence-corrected chi connectivity index (χ1v) is 10.0. The molecule has 2 aliphatic rings. The fourth-order valence-electron chi connectivity index (χ4n) is 2.83. The highest BCUT2D eigenvalue weighted by Crippen LogP contribution is 2.59. The minimum absolute atomic E-state index is 0.0601. The molecule has 0 aromatic carbocycles. The number of phosphoric ester groups is 1. The fraction of sp³-hybridized carbons (Fsp3) is 0.733. The average molecular weight is 406 g/mol. The number of aromatic nitrogens is 2. The summed E-state index contributed by atoms with van der Waals surface area (Å²) in [5, 5.41) is 11.0. The van der Waals surface area contributed by atoms with Crippen molar-refractivity contribution in [2.24, 2.45) is 5.41 Å². The van der Waals surface area contributed by atoms with Crippen LogP contribution in [0.3, 0.4) is 0 Å². The van der Waals surface area contributed by atoms with Crippen LogP contribution in [0.15, 0.2) is 17.1 Å². The molecule has 3 rings (SSSR count). The van der Waals surface area contributed by atoms with Gasteiger partial charge in [0.05, 0.1) is 13.2 Å². The van der Waals surface area contributed by atoms with Gasteiger partial charge in [0.1, 0.15) is 17.8 Å². The standard InChI is InChI=1S/C15H23N2O7PS/c1-14(2,3)8-22-25(20)21-7-9-11(24-25)15(4,19)12(23-9)17-6-5-10(18)16-13(17)26/h5-6,9,11-12,19H,7-8H2,1-4H3,(H,16,18,26)/t9-,11?,12-,15-,25?/m1/s1. The normalized spacial score (nSPS) is 37.5. The van der Waals surface area contributed by atoms with Gasteiger partial charge in [-0.15, -0.1) is 0 Å². The lowest BCUT2D eigenvalue weighted by Gasteiger charge is -2.35. The van der Waals surface area contributed by atoms with Gasteiger partial charge in [0.15, 0.2) is 11.0 Å². The van der Waals surface area contributed by atoms with E-state index in [0.29, 0.717) is 0 Å². The van der Waals surface area contributed by atoms with Crippen LogP contribution in [0.2, 0.25) is 0 Å². The summed E-state index contributed by atoms with van der Waals surface area (Å²) in [5.41, 5.74) is -2.17. The Balaban J connectivity index is 1.84. The van der Waals surface area contributed by atoms with E-state index in [1.165, 1.54) is 23.8 Å². The number of aliphatic hydroxyl groups is 1. The van der Waals surface area contributed by atoms with Crippen molar-refractivity contribution in [1.82, 2.24) is 9.55 Å². The third-order valence-corrected chi connectivity index (χ3v) is 5.83. The molecule has 0 radical (unpaired) electrons. The molecule has 0 aliphatic carbocycles. The molecule has 26 heavy (non-hydrogen) atoms. The molecule has 0 amide bonds. The molecule has 2 N–H and O–H groups in total. The van der Waals surface area contributed by atoms with Gasteiger partial charge >= 0.3 is 7.82 Å². The van der Waals surface area contributed by atoms with Crippen molar-refractivity contribution < 1.29 is 28.0 Å². The molecule has 3 heterocycles. The third-order valence-electron chi connectivity index (χ3n) is 4.12. The molecule has 1 aromatic rings. The second-order valence-corrected chi connectivity index (χ2v) is 9.88. The molecule has 11 heteroatoms. The van der Waals surface area contributed by atoms with Gasteiger partial charge in [0, 0.05) is 12.3 Å². The molecule has 0 bridgehead atoms. The Hall–Kier alpha value is -0.870. The Bertz CT molecular complexity index is 843. The van der Waals surface area contributed by atoms with Crippen LogP contribution in [0.5, 0.6) is 0 Å². The predicted molar refractivity (Wildman–Crippen MR) is 94.3 cm³/mol. The van der Waals surface area contributed by atoms with Gasteiger partial charge in [-0.3, -0.25) is 27.9 Å². The molecule has 2 saturated heterocycles. The lowest BCUT2D eigenvalue weighted by Crippen LogP contribution is -2.48. The zero-order chi connectivity index (χ0) is 19.3. The van der Waals surface area contributed by atoms with Crippen LogP contribution >= 0.6 is 20.0 Å². The molecule has 1 aromatic heterocycles. The van der Waals surface area contributed by atoms with Crippen molar-refractivity contribution in [2.45, 2.75) is 51.7 Å². The highest BCUT2D eigenvalue weighted by molar-refractivity contribution is 7.71. The van der Waals surface area contributed by atoms with E-state index in [2.05, 4.69) is 4.98 Å². The van der Waals surface area contributed by atoms with Gasteiger partial charge < -0.3 is 9.84 Å². The maximum Gasteiger partial charge on any atom is 0.475 e. The Morgan fingerprint density at radius 3 is 2.85 bits per heavy atom. The summed E-state index contributed by atoms with van der Waals surface area (Å²) in [6, 6.07) is 1.27. The minimum Gasteiger partial charge on any atom is -0.383 e. The first-order chi connectivity index (χ1) is 11.9. The van der Waals surface area contributed by atoms with Crippen LogP contribution in [-0.2, 0) is 22.9 Å². The molecule has 2 unspecified atom stereocenters. The minimum atomic E-state index is -3.83. The zero-order valence-electron chi connectivity index (χ0n) is 15.0. The lowest BCUT2D eigenvalue weighted by atomic mass is 9.96. The second kappa shape index (κ2) is 6.63. The highest BCUT2D eigenvalue weighted by atomic mass is 32.1. The van der Waals surface area contributed by atoms with Crippen LogP contribution in [0.25, 0.3) is 0 Å². The van der Waals surface area contributed by atoms with Gasteiger partial charge in [-0.05, 0) is 24.6 Å². The summed E-state index contributed by atoms with van der Waals surface area (Å²) >= 11 is 5.14. The topological polar surface area (TPSA) is 112 Å². The number of hydrogen-bond donors (Lipinski definition) is 2. The lowest BCUT2D eigenvalue weighted by molar-refractivity contribution is -0.0938. The number of ether oxygens (including phenoxy) is 1. The highest BCUT2D eigenvalue weighted by Gasteiger charge is 2.60. The van der Waals surface area contributed by atoms with E-state index in [1.54, 1.807) is 0 Å². The average Bonchev–Trinajstić information content (AvgIpc) is 2.76. The fourth-order valence-corrected chi connectivity index (χ4v) is 4.78. The summed E-state index contributed by atoms with van der Waals surface area (Å²) in [4.78, 5) is 13.8. The summed E-state index contributed by atoms with van der Waals surface area (Å²) in [6.45, 7) is 7.38. The Morgan fingerprint density at radius 1 is 1.54 bits per heavy atom. The number of H-pyrrole nitrogens is 1. The molecule has 0 spiro atoms. The number of rotatable bonds is 3. The smallest absolute Gasteiger partial charge is 0.383 e. The van der Waals surface area contributed by atoms with E-state index in [-0.39, 0.29) is 29.0 Å². The van der Waals surface area contributed by atoms with Crippen LogP contribution in [0.1, 0.15) is 33.9 Å². The summed E-state index contributed by atoms with van der Waals surface area (Å²) in [7, 11) is -3.83. The quantitative estimate of drug-likeness (QED) is 0.580. The van der Waals surface area contributed by atoms with Crippen molar-refractivity contribution in [3.63, 3.8) is 0 Å². The van der Waals surface area contributed by atoms with Gasteiger partial charge in [0.2, 0.25) is 0 Å². The predicted octanol–water partition coefficient (Wildman–Crippen LogP) is 2.14. The van der Waals surface area contributed by atoms with Crippen LogP contribution in [0, 0.1) is 10.2 Å². The van der Waals surface area contributed by atoms with Crippen molar-refractivity contribution in [1.29, 1.82) is 0 Å². The Morgan fingerprint density at radius 2 is 2.23 bits per heavy atom. The molecule has 5 atom stereocenters. The van der Waals surface area contributed by atoms with Crippen molar-refractivity contribution >= 4 is 20.0 Å². The van der Waals surface area contributed by atoms with E-state index < -0.39 is 31.9 Å². The van der Waals surface area contributed by atoms with Crippen LogP contribution in [0.4, 0.5) is 0 Å². The molecule has 9 nitrogen and oxygen atoms in total. The Kier molecular flexibility index (Phi) is 5.07. The summed E-state index contributed by atoms with van der Waals surface area (Å²) in [5.74, 6) is 0. The summed E-state index contributed by atoms with van der Waals surface area (Å²) in [6.07, 6.45) is -1.13. The van der Waals surface area contributed by atoms with Crippen molar-refractivity contribution in [2.75, 3.05) is 13.2 Å². The molecular formula is C15H23N2O7PS. The largest absolute Gasteiger partial charge is 0.475 e. The van der Waals surface area contributed by atoms with E-state index in [1.807, 2.05) is 20.8 Å². The number of hydrogen-bond acceptors (Lipinski definition) is 8. The first-order valence-electron chi connectivity index (χ1n) is 8.18. The molecule has 0 saturated carbocycles. The van der Waals surface area contributed by atoms with E-state index >= 15 is 0 Å². The zero-order valence-corrected chi connectivity index (χ0v) is 16.7. The third kappa shape index (κ3) is 3.87. The summed E-state index contributed by atoms with van der Waals surface area (Å²) < 4.78 is 36.3. The van der Waals surface area contributed by atoms with E-state index in [4.69, 9.17) is 30.5 Å². The second-order valence-electron chi connectivity index (χ2n) is 7.87. The van der Waals surface area contributed by atoms with Crippen LogP contribution in [-0.4, -0.2) is 45.7 Å². The molecule has 146 valence electrons. The number of phosphoric acid groups is 1. The molecule has 2 fully saturated rings. The van der Waals surface area contributed by atoms with Crippen LogP contribution < -0.4 is 5.56 Å². The van der Waals surface area contributed by atoms with E-state index in [0.717, 1.165) is 0 Å². The van der Waals surface area contributed by atoms with Gasteiger partial charge in [0.25, 0.3) is 5.56 Å². The SMILES string of the molecule is CC(C)(C)COP1(=O)OC[C@H]2O[C@@H](n3ccc(=O)[nH]c3=S)[C@](C)(O)C2O1. The monoisotopic (exact) mass is 406 g/mol. The Labute approximate surface area is 155 Å². The van der Waals surface area contributed by atoms with Crippen molar-refractivity contribution in [3.8, 4) is 0 Å². The number of fused-ring (bicyclic) bond motifs is 1. The number of aromatic amines is 1. The molecule has 2 aliphatic heterocycles. The number of nitrogens with zero attached hydrogens (tertiary/aromatic N) is 1. The van der Waals surface area contributed by atoms with Gasteiger partial charge in [-0.25, -0.2) is 4.57 Å². The van der Waals surface area contributed by atoms with Gasteiger partial charge in [-0.1, -0.05) is 20.8 Å². The maximum absolute atomic E-state index is 12.8. The van der Waals surface area contributed by atoms with Crippen molar-refractivity contribution in [3.05, 3.63) is 27.4 Å². The number of nitrogens with one attached hydrogen (secondary N) is 1. The van der Waals surface area contributed by atoms with Gasteiger partial charge in [-0.2, -0.15) is 0 Å². The first kappa shape index (κ1) is 19.9.